The highest BCUT2D eigenvalue weighted by atomic mass is 16.5. The molecule has 0 spiro atoms. The molecule has 0 saturated carbocycles. The molecule has 4 rings (SSSR count). The van der Waals surface area contributed by atoms with E-state index in [0.717, 1.165) is 22.6 Å². The molecule has 0 aliphatic heterocycles. The van der Waals surface area contributed by atoms with Crippen LogP contribution in [-0.4, -0.2) is 37.7 Å². The van der Waals surface area contributed by atoms with Gasteiger partial charge in [-0.15, -0.1) is 5.10 Å². The zero-order valence-electron chi connectivity index (χ0n) is 17.6. The fraction of sp³-hybridized carbons (Fsp3) is 0.167. The average molecular weight is 414 g/mol. The van der Waals surface area contributed by atoms with Gasteiger partial charge in [-0.25, -0.2) is 14.5 Å². The monoisotopic (exact) mass is 414 g/mol. The van der Waals surface area contributed by atoms with Crippen molar-refractivity contribution in [3.63, 3.8) is 0 Å². The minimum absolute atomic E-state index is 0.100. The van der Waals surface area contributed by atoms with Crippen LogP contribution in [0, 0.1) is 13.8 Å². The van der Waals surface area contributed by atoms with Crippen LogP contribution >= 0.6 is 0 Å². The van der Waals surface area contributed by atoms with Gasteiger partial charge >= 0.3 is 5.97 Å². The molecule has 0 N–H and O–H groups in total. The Morgan fingerprint density at radius 3 is 2.23 bits per heavy atom. The molecule has 0 bridgehead atoms. The number of nitrogens with zero attached hydrogens (tertiary/aromatic N) is 4. The second-order valence-corrected chi connectivity index (χ2v) is 7.22. The number of hydrogen-bond acceptors (Lipinski definition) is 5. The third-order valence-corrected chi connectivity index (χ3v) is 5.23. The normalized spacial score (nSPS) is 10.8. The van der Waals surface area contributed by atoms with Crippen molar-refractivity contribution in [3.8, 4) is 17.1 Å². The van der Waals surface area contributed by atoms with E-state index in [9.17, 15) is 9.59 Å². The van der Waals surface area contributed by atoms with Gasteiger partial charge in [0.25, 0.3) is 5.82 Å². The van der Waals surface area contributed by atoms with Gasteiger partial charge in [0.1, 0.15) is 0 Å². The lowest BCUT2D eigenvalue weighted by Gasteiger charge is -2.05. The van der Waals surface area contributed by atoms with E-state index < -0.39 is 5.97 Å². The molecule has 156 valence electrons. The van der Waals surface area contributed by atoms with Gasteiger partial charge in [0.2, 0.25) is 5.78 Å². The molecule has 2 heterocycles. The van der Waals surface area contributed by atoms with Gasteiger partial charge in [-0.05, 0) is 32.0 Å². The number of carbonyl (C=O) groups is 2. The summed E-state index contributed by atoms with van der Waals surface area (Å²) in [4.78, 5) is 29.6. The number of ketones is 1. The van der Waals surface area contributed by atoms with E-state index in [1.165, 1.54) is 0 Å². The lowest BCUT2D eigenvalue weighted by atomic mass is 10.1. The van der Waals surface area contributed by atoms with Gasteiger partial charge in [-0.2, -0.15) is 0 Å². The SMILES string of the molecule is Cc1cc(C(=O)COC(=O)c2nc(-c3ccccc3)n(-c3ccccc3)n2)c(C)n1C. The first-order valence-corrected chi connectivity index (χ1v) is 9.87. The molecule has 0 aliphatic rings. The Kier molecular flexibility index (Phi) is 5.49. The summed E-state index contributed by atoms with van der Waals surface area (Å²) in [7, 11) is 1.89. The second-order valence-electron chi connectivity index (χ2n) is 7.22. The largest absolute Gasteiger partial charge is 0.451 e. The summed E-state index contributed by atoms with van der Waals surface area (Å²) in [6, 6.07) is 20.7. The molecule has 4 aromatic rings. The van der Waals surface area contributed by atoms with Crippen molar-refractivity contribution in [3.05, 3.63) is 89.5 Å². The molecule has 0 amide bonds. The molecular formula is C24H22N4O3. The van der Waals surface area contributed by atoms with Gasteiger partial charge in [-0.3, -0.25) is 4.79 Å². The number of aryl methyl sites for hydroxylation is 1. The average Bonchev–Trinajstić information content (AvgIpc) is 3.36. The maximum Gasteiger partial charge on any atom is 0.378 e. The van der Waals surface area contributed by atoms with Crippen LogP contribution in [0.3, 0.4) is 0 Å². The molecule has 2 aromatic heterocycles. The molecule has 0 atom stereocenters. The van der Waals surface area contributed by atoms with Crippen molar-refractivity contribution in [2.45, 2.75) is 13.8 Å². The van der Waals surface area contributed by atoms with Crippen molar-refractivity contribution in [2.75, 3.05) is 6.61 Å². The van der Waals surface area contributed by atoms with Crippen LogP contribution < -0.4 is 0 Å². The van der Waals surface area contributed by atoms with Gasteiger partial charge in [0, 0.05) is 29.6 Å². The predicted molar refractivity (Wildman–Crippen MR) is 116 cm³/mol. The van der Waals surface area contributed by atoms with E-state index in [-0.39, 0.29) is 18.2 Å². The highest BCUT2D eigenvalue weighted by molar-refractivity contribution is 6.00. The van der Waals surface area contributed by atoms with E-state index >= 15 is 0 Å². The van der Waals surface area contributed by atoms with Gasteiger partial charge < -0.3 is 9.30 Å². The van der Waals surface area contributed by atoms with Crippen molar-refractivity contribution < 1.29 is 14.3 Å². The summed E-state index contributed by atoms with van der Waals surface area (Å²) >= 11 is 0. The molecule has 7 heteroatoms. The fourth-order valence-corrected chi connectivity index (χ4v) is 3.33. The third-order valence-electron chi connectivity index (χ3n) is 5.23. The Bertz CT molecular complexity index is 1180. The summed E-state index contributed by atoms with van der Waals surface area (Å²) in [5.41, 5.74) is 3.91. The molecule has 0 radical (unpaired) electrons. The van der Waals surface area contributed by atoms with Crippen LogP contribution in [-0.2, 0) is 11.8 Å². The summed E-state index contributed by atoms with van der Waals surface area (Å²) in [6.07, 6.45) is 0. The molecule has 0 aliphatic carbocycles. The van der Waals surface area contributed by atoms with E-state index in [1.807, 2.05) is 86.1 Å². The standard InChI is InChI=1S/C24H22N4O3/c1-16-14-20(17(2)27(16)3)21(29)15-31-24(30)22-25-23(18-10-6-4-7-11-18)28(26-22)19-12-8-5-9-13-19/h4-14H,15H2,1-3H3. The van der Waals surface area contributed by atoms with E-state index in [2.05, 4.69) is 10.1 Å². The minimum Gasteiger partial charge on any atom is -0.451 e. The number of esters is 1. The zero-order chi connectivity index (χ0) is 22.0. The molecular weight excluding hydrogens is 392 g/mol. The third kappa shape index (κ3) is 4.02. The maximum absolute atomic E-state index is 12.6. The topological polar surface area (TPSA) is 79.0 Å². The Labute approximate surface area is 179 Å². The molecule has 0 unspecified atom stereocenters. The Hall–Kier alpha value is -4.00. The Morgan fingerprint density at radius 1 is 0.968 bits per heavy atom. The first-order chi connectivity index (χ1) is 15.0. The minimum atomic E-state index is -0.745. The number of rotatable bonds is 6. The van der Waals surface area contributed by atoms with Crippen molar-refractivity contribution in [2.24, 2.45) is 7.05 Å². The lowest BCUT2D eigenvalue weighted by molar-refractivity contribution is 0.0462. The highest BCUT2D eigenvalue weighted by Crippen LogP contribution is 2.21. The number of benzene rings is 2. The Balaban J connectivity index is 1.59. The highest BCUT2D eigenvalue weighted by Gasteiger charge is 2.22. The first kappa shape index (κ1) is 20.3. The predicted octanol–water partition coefficient (Wildman–Crippen LogP) is 3.93. The van der Waals surface area contributed by atoms with Gasteiger partial charge in [-0.1, -0.05) is 48.5 Å². The maximum atomic E-state index is 12.6. The molecule has 2 aromatic carbocycles. The number of aromatic nitrogens is 4. The zero-order valence-corrected chi connectivity index (χ0v) is 17.6. The number of carbonyl (C=O) groups excluding carboxylic acids is 2. The molecule has 31 heavy (non-hydrogen) atoms. The Morgan fingerprint density at radius 2 is 1.61 bits per heavy atom. The van der Waals surface area contributed by atoms with Crippen LogP contribution in [0.4, 0.5) is 0 Å². The lowest BCUT2D eigenvalue weighted by Crippen LogP contribution is -2.16. The summed E-state index contributed by atoms with van der Waals surface area (Å²) in [6.45, 7) is 3.40. The van der Waals surface area contributed by atoms with Crippen LogP contribution in [0.5, 0.6) is 0 Å². The second kappa shape index (κ2) is 8.39. The number of ether oxygens (including phenoxy) is 1. The van der Waals surface area contributed by atoms with Crippen LogP contribution in [0.2, 0.25) is 0 Å². The summed E-state index contributed by atoms with van der Waals surface area (Å²) < 4.78 is 8.77. The van der Waals surface area contributed by atoms with Crippen molar-refractivity contribution in [1.82, 2.24) is 19.3 Å². The van der Waals surface area contributed by atoms with Crippen LogP contribution in [0.25, 0.3) is 17.1 Å². The molecule has 0 saturated heterocycles. The molecule has 7 nitrogen and oxygen atoms in total. The molecule has 0 fully saturated rings. The number of para-hydroxylation sites is 1. The quantitative estimate of drug-likeness (QED) is 0.353. The number of Topliss-reactive ketones (excluding diaryl/α,β-unsaturated/α-hetero) is 1. The van der Waals surface area contributed by atoms with E-state index in [4.69, 9.17) is 4.74 Å². The smallest absolute Gasteiger partial charge is 0.378 e. The van der Waals surface area contributed by atoms with Crippen molar-refractivity contribution in [1.29, 1.82) is 0 Å². The van der Waals surface area contributed by atoms with Gasteiger partial charge in [0.15, 0.2) is 12.4 Å². The number of hydrogen-bond donors (Lipinski definition) is 0. The fourth-order valence-electron chi connectivity index (χ4n) is 3.33. The van der Waals surface area contributed by atoms with Crippen LogP contribution in [0.15, 0.2) is 66.7 Å². The van der Waals surface area contributed by atoms with E-state index in [1.54, 1.807) is 10.7 Å². The summed E-state index contributed by atoms with van der Waals surface area (Å²) in [5.74, 6) is -0.595. The first-order valence-electron chi connectivity index (χ1n) is 9.87. The van der Waals surface area contributed by atoms with Crippen LogP contribution in [0.1, 0.15) is 32.4 Å². The van der Waals surface area contributed by atoms with Gasteiger partial charge in [0.05, 0.1) is 5.69 Å². The van der Waals surface area contributed by atoms with Crippen molar-refractivity contribution >= 4 is 11.8 Å². The van der Waals surface area contributed by atoms with E-state index in [0.29, 0.717) is 11.4 Å². The summed E-state index contributed by atoms with van der Waals surface area (Å²) in [5, 5.41) is 4.36.